The lowest BCUT2D eigenvalue weighted by molar-refractivity contribution is 0.253. The van der Waals surface area contributed by atoms with Crippen LogP contribution in [0.15, 0.2) is 0 Å². The van der Waals surface area contributed by atoms with Gasteiger partial charge in [-0.25, -0.2) is 4.98 Å². The standard InChI is InChI=1S/C7H8N2OS/c1-5(10)3-4-7-8-6(2)9-11-7/h5,10H,1-2H3. The van der Waals surface area contributed by atoms with Crippen molar-refractivity contribution in [2.24, 2.45) is 0 Å². The first-order valence-electron chi connectivity index (χ1n) is 3.18. The van der Waals surface area contributed by atoms with E-state index in [0.717, 1.165) is 5.82 Å². The Bertz CT molecular complexity index is 295. The van der Waals surface area contributed by atoms with Gasteiger partial charge in [-0.1, -0.05) is 5.92 Å². The largest absolute Gasteiger partial charge is 0.381 e. The number of aliphatic hydroxyl groups excluding tert-OH is 1. The highest BCUT2D eigenvalue weighted by atomic mass is 32.1. The van der Waals surface area contributed by atoms with E-state index < -0.39 is 6.10 Å². The van der Waals surface area contributed by atoms with Crippen LogP contribution in [0.4, 0.5) is 0 Å². The highest BCUT2D eigenvalue weighted by molar-refractivity contribution is 7.06. The van der Waals surface area contributed by atoms with Crippen molar-refractivity contribution in [1.29, 1.82) is 0 Å². The molecule has 1 atom stereocenters. The number of aliphatic hydroxyl groups is 1. The number of hydrogen-bond donors (Lipinski definition) is 1. The zero-order valence-electron chi connectivity index (χ0n) is 6.33. The molecule has 3 nitrogen and oxygen atoms in total. The van der Waals surface area contributed by atoms with E-state index in [2.05, 4.69) is 21.2 Å². The van der Waals surface area contributed by atoms with Crippen molar-refractivity contribution in [3.8, 4) is 11.8 Å². The SMILES string of the molecule is Cc1nsc(C#CC(C)O)n1. The first-order chi connectivity index (χ1) is 5.18. The molecule has 58 valence electrons. The number of hydrogen-bond acceptors (Lipinski definition) is 4. The van der Waals surface area contributed by atoms with Crippen LogP contribution in [-0.4, -0.2) is 20.6 Å². The van der Waals surface area contributed by atoms with Gasteiger partial charge in [-0.15, -0.1) is 0 Å². The molecule has 1 rings (SSSR count). The number of nitrogens with zero attached hydrogens (tertiary/aromatic N) is 2. The monoisotopic (exact) mass is 168 g/mol. The van der Waals surface area contributed by atoms with Gasteiger partial charge in [-0.3, -0.25) is 0 Å². The Morgan fingerprint density at radius 2 is 2.36 bits per heavy atom. The summed E-state index contributed by atoms with van der Waals surface area (Å²) >= 11 is 1.25. The average molecular weight is 168 g/mol. The van der Waals surface area contributed by atoms with Gasteiger partial charge in [0.05, 0.1) is 0 Å². The van der Waals surface area contributed by atoms with Gasteiger partial charge >= 0.3 is 0 Å². The summed E-state index contributed by atoms with van der Waals surface area (Å²) in [5.41, 5.74) is 0. The van der Waals surface area contributed by atoms with Crippen LogP contribution in [0, 0.1) is 18.8 Å². The minimum atomic E-state index is -0.598. The molecule has 0 aliphatic rings. The van der Waals surface area contributed by atoms with Crippen molar-refractivity contribution in [1.82, 2.24) is 9.36 Å². The van der Waals surface area contributed by atoms with Gasteiger partial charge in [0.1, 0.15) is 11.9 Å². The van der Waals surface area contributed by atoms with E-state index in [4.69, 9.17) is 5.11 Å². The van der Waals surface area contributed by atoms with Crippen molar-refractivity contribution in [2.75, 3.05) is 0 Å². The molecule has 0 saturated carbocycles. The van der Waals surface area contributed by atoms with Crippen molar-refractivity contribution >= 4 is 11.5 Å². The Morgan fingerprint density at radius 3 is 2.82 bits per heavy atom. The third-order valence-electron chi connectivity index (χ3n) is 0.916. The van der Waals surface area contributed by atoms with Crippen LogP contribution in [0.1, 0.15) is 17.8 Å². The number of aromatic nitrogens is 2. The maximum atomic E-state index is 8.80. The van der Waals surface area contributed by atoms with Gasteiger partial charge in [-0.2, -0.15) is 4.37 Å². The zero-order chi connectivity index (χ0) is 8.27. The maximum absolute atomic E-state index is 8.80. The van der Waals surface area contributed by atoms with Gasteiger partial charge in [0.2, 0.25) is 0 Å². The summed E-state index contributed by atoms with van der Waals surface area (Å²) in [6, 6.07) is 0. The minimum absolute atomic E-state index is 0.598. The summed E-state index contributed by atoms with van der Waals surface area (Å²) in [5.74, 6) is 6.03. The van der Waals surface area contributed by atoms with Crippen molar-refractivity contribution in [2.45, 2.75) is 20.0 Å². The molecular formula is C7H8N2OS. The molecule has 0 aliphatic carbocycles. The van der Waals surface area contributed by atoms with Crippen LogP contribution in [0.3, 0.4) is 0 Å². The van der Waals surface area contributed by atoms with Crippen LogP contribution in [0.25, 0.3) is 0 Å². The molecule has 1 aromatic rings. The smallest absolute Gasteiger partial charge is 0.186 e. The highest BCUT2D eigenvalue weighted by Crippen LogP contribution is 2.00. The van der Waals surface area contributed by atoms with E-state index in [9.17, 15) is 0 Å². The summed E-state index contributed by atoms with van der Waals surface area (Å²) in [6.45, 7) is 3.42. The molecule has 0 bridgehead atoms. The van der Waals surface area contributed by atoms with Crippen LogP contribution in [-0.2, 0) is 0 Å². The summed E-state index contributed by atoms with van der Waals surface area (Å²) in [4.78, 5) is 4.01. The summed E-state index contributed by atoms with van der Waals surface area (Å²) in [5, 5.41) is 9.46. The van der Waals surface area contributed by atoms with E-state index in [1.165, 1.54) is 11.5 Å². The second kappa shape index (κ2) is 3.46. The second-order valence-electron chi connectivity index (χ2n) is 2.09. The summed E-state index contributed by atoms with van der Waals surface area (Å²) in [6.07, 6.45) is -0.598. The van der Waals surface area contributed by atoms with Gasteiger partial charge < -0.3 is 5.11 Å². The topological polar surface area (TPSA) is 46.0 Å². The van der Waals surface area contributed by atoms with E-state index in [1.807, 2.05) is 6.92 Å². The molecular weight excluding hydrogens is 160 g/mol. The lowest BCUT2D eigenvalue weighted by Crippen LogP contribution is -1.92. The second-order valence-corrected chi connectivity index (χ2v) is 2.84. The lowest BCUT2D eigenvalue weighted by atomic mass is 10.4. The molecule has 4 heteroatoms. The van der Waals surface area contributed by atoms with E-state index in [0.29, 0.717) is 5.01 Å². The predicted octanol–water partition coefficient (Wildman–Crippen LogP) is 0.579. The highest BCUT2D eigenvalue weighted by Gasteiger charge is 1.94. The summed E-state index contributed by atoms with van der Waals surface area (Å²) in [7, 11) is 0. The normalized spacial score (nSPS) is 11.9. The molecule has 1 aromatic heterocycles. The molecule has 0 aromatic carbocycles. The molecule has 0 spiro atoms. The Hall–Kier alpha value is -0.920. The molecule has 1 N–H and O–H groups in total. The fourth-order valence-electron chi connectivity index (χ4n) is 0.514. The Kier molecular flexibility index (Phi) is 2.58. The predicted molar refractivity (Wildman–Crippen MR) is 43.2 cm³/mol. The molecule has 0 aliphatic heterocycles. The molecule has 0 amide bonds. The van der Waals surface area contributed by atoms with Gasteiger partial charge in [-0.05, 0) is 31.3 Å². The Morgan fingerprint density at radius 1 is 1.64 bits per heavy atom. The molecule has 0 saturated heterocycles. The number of rotatable bonds is 0. The van der Waals surface area contributed by atoms with Crippen LogP contribution in [0.5, 0.6) is 0 Å². The Labute approximate surface area is 69.3 Å². The van der Waals surface area contributed by atoms with Crippen molar-refractivity contribution in [3.05, 3.63) is 10.8 Å². The zero-order valence-corrected chi connectivity index (χ0v) is 7.14. The van der Waals surface area contributed by atoms with E-state index in [1.54, 1.807) is 6.92 Å². The molecule has 11 heavy (non-hydrogen) atoms. The molecule has 1 heterocycles. The third kappa shape index (κ3) is 2.66. The summed E-state index contributed by atoms with van der Waals surface area (Å²) < 4.78 is 3.94. The van der Waals surface area contributed by atoms with Crippen molar-refractivity contribution < 1.29 is 5.11 Å². The fraction of sp³-hybridized carbons (Fsp3) is 0.429. The quantitative estimate of drug-likeness (QED) is 0.576. The Balaban J connectivity index is 2.74. The van der Waals surface area contributed by atoms with Gasteiger partial charge in [0, 0.05) is 0 Å². The molecule has 1 unspecified atom stereocenters. The van der Waals surface area contributed by atoms with Crippen LogP contribution >= 0.6 is 11.5 Å². The molecule has 0 radical (unpaired) electrons. The van der Waals surface area contributed by atoms with E-state index >= 15 is 0 Å². The van der Waals surface area contributed by atoms with Gasteiger partial charge in [0.25, 0.3) is 0 Å². The maximum Gasteiger partial charge on any atom is 0.186 e. The molecule has 0 fully saturated rings. The van der Waals surface area contributed by atoms with Crippen molar-refractivity contribution in [3.63, 3.8) is 0 Å². The first kappa shape index (κ1) is 8.18. The number of aryl methyl sites for hydroxylation is 1. The lowest BCUT2D eigenvalue weighted by Gasteiger charge is -1.84. The fourth-order valence-corrected chi connectivity index (χ4v) is 1.05. The first-order valence-corrected chi connectivity index (χ1v) is 3.96. The van der Waals surface area contributed by atoms with Gasteiger partial charge in [0.15, 0.2) is 5.01 Å². The average Bonchev–Trinajstić information content (AvgIpc) is 2.31. The minimum Gasteiger partial charge on any atom is -0.381 e. The van der Waals surface area contributed by atoms with E-state index in [-0.39, 0.29) is 0 Å². The third-order valence-corrected chi connectivity index (χ3v) is 1.64. The van der Waals surface area contributed by atoms with Crippen LogP contribution in [0.2, 0.25) is 0 Å². The van der Waals surface area contributed by atoms with Crippen LogP contribution < -0.4 is 0 Å².